The molecule has 0 saturated carbocycles. The van der Waals surface area contributed by atoms with E-state index in [-0.39, 0.29) is 17.2 Å². The molecule has 0 N–H and O–H groups in total. The summed E-state index contributed by atoms with van der Waals surface area (Å²) in [6, 6.07) is 9.45. The third-order valence-electron chi connectivity index (χ3n) is 7.34. The summed E-state index contributed by atoms with van der Waals surface area (Å²) in [5.41, 5.74) is 2.58. The second-order valence-corrected chi connectivity index (χ2v) is 12.4. The van der Waals surface area contributed by atoms with Crippen LogP contribution >= 0.6 is 22.9 Å². The molecule has 230 valence electrons. The van der Waals surface area contributed by atoms with Gasteiger partial charge >= 0.3 is 0 Å². The number of likely N-dealkylation sites (tertiary alicyclic amines) is 1. The first kappa shape index (κ1) is 31.5. The lowest BCUT2D eigenvalue weighted by molar-refractivity contribution is 0.0682. The number of carbonyl (C=O) groups excluding carboxylic acids is 1. The number of aromatic nitrogens is 3. The number of rotatable bonds is 8. The van der Waals surface area contributed by atoms with Crippen molar-refractivity contribution in [2.24, 2.45) is 5.92 Å². The molecular weight excluding hydrogens is 606 g/mol. The molecular formula is C33H33ClF2N4O3S. The largest absolute Gasteiger partial charge is 0.492 e. The van der Waals surface area contributed by atoms with Crippen molar-refractivity contribution in [2.45, 2.75) is 47.0 Å². The summed E-state index contributed by atoms with van der Waals surface area (Å²) in [5, 5.41) is 2.51. The van der Waals surface area contributed by atoms with Crippen LogP contribution in [-0.4, -0.2) is 45.0 Å². The van der Waals surface area contributed by atoms with E-state index in [2.05, 4.69) is 11.9 Å². The quantitative estimate of drug-likeness (QED) is 0.194. The third kappa shape index (κ3) is 6.61. The van der Waals surface area contributed by atoms with Gasteiger partial charge in [0.1, 0.15) is 16.5 Å². The van der Waals surface area contributed by atoms with E-state index >= 15 is 0 Å². The number of piperidine rings is 1. The molecule has 1 aliphatic heterocycles. The number of alkyl halides is 2. The molecule has 0 radical (unpaired) electrons. The molecule has 4 heterocycles. The molecule has 4 aromatic rings. The summed E-state index contributed by atoms with van der Waals surface area (Å²) in [4.78, 5) is 39.1. The average molecular weight is 639 g/mol. The Morgan fingerprint density at radius 2 is 2.02 bits per heavy atom. The number of thiazole rings is 1. The molecule has 5 rings (SSSR count). The number of hydrogen-bond donors (Lipinski definition) is 0. The summed E-state index contributed by atoms with van der Waals surface area (Å²) in [5.74, 6) is 0.617. The minimum absolute atomic E-state index is 0.178. The van der Waals surface area contributed by atoms with Crippen LogP contribution in [0.25, 0.3) is 33.6 Å². The number of nitrogens with zero attached hydrogens (tertiary/aromatic N) is 4. The summed E-state index contributed by atoms with van der Waals surface area (Å²) in [6.07, 6.45) is 2.42. The first-order valence-corrected chi connectivity index (χ1v) is 15.7. The Balaban J connectivity index is 1.76. The lowest BCUT2D eigenvalue weighted by Crippen LogP contribution is -2.40. The standard InChI is InChI=1S/C33H33ClF2N4O3S/c1-5-43-29-11-9-22(34)14-28(29)40-27(13-19(2)3)23(32(41)39-12-6-7-20(4)17-39)15-24(33(40)42)31-38-26(18-44-31)21-8-10-25(30(35)36)37-16-21/h8-11,13-16,18,20,30H,5-7,12,17H2,1-4H3/t20-/m1/s1. The number of hydrogen-bond acceptors (Lipinski definition) is 6. The zero-order valence-corrected chi connectivity index (χ0v) is 26.5. The van der Waals surface area contributed by atoms with E-state index in [1.165, 1.54) is 34.2 Å². The second-order valence-electron chi connectivity index (χ2n) is 11.1. The molecule has 3 aromatic heterocycles. The maximum absolute atomic E-state index is 14.5. The van der Waals surface area contributed by atoms with E-state index in [4.69, 9.17) is 21.3 Å². The summed E-state index contributed by atoms with van der Waals surface area (Å²) >= 11 is 7.67. The Labute approximate surface area is 263 Å². The molecule has 7 nitrogen and oxygen atoms in total. The zero-order valence-electron chi connectivity index (χ0n) is 24.9. The van der Waals surface area contributed by atoms with Crippen molar-refractivity contribution in [3.05, 3.63) is 85.9 Å². The van der Waals surface area contributed by atoms with Gasteiger partial charge in [0.05, 0.1) is 34.8 Å². The van der Waals surface area contributed by atoms with Gasteiger partial charge in [-0.3, -0.25) is 19.1 Å². The molecule has 0 unspecified atom stereocenters. The second kappa shape index (κ2) is 13.4. The number of allylic oxidation sites excluding steroid dienone is 1. The molecule has 1 fully saturated rings. The smallest absolute Gasteiger partial charge is 0.280 e. The highest BCUT2D eigenvalue weighted by atomic mass is 35.5. The molecule has 11 heteroatoms. The van der Waals surface area contributed by atoms with Crippen LogP contribution in [0.4, 0.5) is 8.78 Å². The minimum Gasteiger partial charge on any atom is -0.492 e. The van der Waals surface area contributed by atoms with Crippen LogP contribution in [0.5, 0.6) is 5.75 Å². The van der Waals surface area contributed by atoms with Crippen molar-refractivity contribution in [3.8, 4) is 33.3 Å². The van der Waals surface area contributed by atoms with E-state index in [0.29, 0.717) is 69.6 Å². The average Bonchev–Trinajstić information content (AvgIpc) is 3.48. The summed E-state index contributed by atoms with van der Waals surface area (Å²) in [7, 11) is 0. The van der Waals surface area contributed by atoms with Crippen molar-refractivity contribution >= 4 is 34.9 Å². The van der Waals surface area contributed by atoms with E-state index in [1.54, 1.807) is 29.6 Å². The van der Waals surface area contributed by atoms with Crippen LogP contribution in [0.2, 0.25) is 5.02 Å². The maximum Gasteiger partial charge on any atom is 0.280 e. The van der Waals surface area contributed by atoms with Gasteiger partial charge in [-0.2, -0.15) is 0 Å². The van der Waals surface area contributed by atoms with E-state index in [9.17, 15) is 18.4 Å². The van der Waals surface area contributed by atoms with Crippen LogP contribution < -0.4 is 10.3 Å². The molecule has 1 atom stereocenters. The number of carbonyl (C=O) groups is 1. The van der Waals surface area contributed by atoms with Crippen molar-refractivity contribution in [1.82, 2.24) is 19.4 Å². The van der Waals surface area contributed by atoms with Gasteiger partial charge in [0.2, 0.25) is 0 Å². The predicted octanol–water partition coefficient (Wildman–Crippen LogP) is 8.31. The number of benzene rings is 1. The fourth-order valence-electron chi connectivity index (χ4n) is 5.31. The van der Waals surface area contributed by atoms with Gasteiger partial charge in [0, 0.05) is 35.3 Å². The third-order valence-corrected chi connectivity index (χ3v) is 8.45. The first-order valence-electron chi connectivity index (χ1n) is 14.4. The number of ether oxygens (including phenoxy) is 1. The monoisotopic (exact) mass is 638 g/mol. The van der Waals surface area contributed by atoms with Crippen LogP contribution in [0, 0.1) is 5.92 Å². The van der Waals surface area contributed by atoms with Gasteiger partial charge in [-0.15, -0.1) is 11.3 Å². The normalized spacial score (nSPS) is 15.0. The van der Waals surface area contributed by atoms with Crippen LogP contribution in [0.15, 0.2) is 58.3 Å². The Hall–Kier alpha value is -3.89. The first-order chi connectivity index (χ1) is 21.1. The summed E-state index contributed by atoms with van der Waals surface area (Å²) < 4.78 is 33.5. The Bertz CT molecular complexity index is 1760. The molecule has 0 bridgehead atoms. The molecule has 44 heavy (non-hydrogen) atoms. The van der Waals surface area contributed by atoms with E-state index in [0.717, 1.165) is 18.4 Å². The van der Waals surface area contributed by atoms with Gasteiger partial charge in [-0.1, -0.05) is 24.1 Å². The predicted molar refractivity (Wildman–Crippen MR) is 171 cm³/mol. The Morgan fingerprint density at radius 3 is 2.68 bits per heavy atom. The molecule has 1 aliphatic rings. The van der Waals surface area contributed by atoms with Crippen molar-refractivity contribution in [2.75, 3.05) is 19.7 Å². The molecule has 1 amide bonds. The lowest BCUT2D eigenvalue weighted by atomic mass is 9.98. The van der Waals surface area contributed by atoms with E-state index < -0.39 is 12.0 Å². The zero-order chi connectivity index (χ0) is 31.5. The van der Waals surface area contributed by atoms with Crippen LogP contribution in [0.1, 0.15) is 68.7 Å². The number of amides is 1. The number of pyridine rings is 2. The van der Waals surface area contributed by atoms with Gasteiger partial charge < -0.3 is 9.64 Å². The van der Waals surface area contributed by atoms with Gasteiger partial charge in [0.15, 0.2) is 0 Å². The lowest BCUT2D eigenvalue weighted by Gasteiger charge is -2.32. The molecule has 0 aliphatic carbocycles. The Kier molecular flexibility index (Phi) is 9.60. The Morgan fingerprint density at radius 1 is 1.23 bits per heavy atom. The van der Waals surface area contributed by atoms with Crippen LogP contribution in [0.3, 0.4) is 0 Å². The SMILES string of the molecule is CCOc1ccc(Cl)cc1-n1c(C=C(C)C)c(C(=O)N2CCC[C@@H](C)C2)cc(-c2nc(-c3ccc(C(F)F)nc3)cs2)c1=O. The highest BCUT2D eigenvalue weighted by molar-refractivity contribution is 7.13. The maximum atomic E-state index is 14.5. The molecule has 0 spiro atoms. The van der Waals surface area contributed by atoms with Crippen molar-refractivity contribution in [3.63, 3.8) is 0 Å². The van der Waals surface area contributed by atoms with Gasteiger partial charge in [-0.25, -0.2) is 13.8 Å². The fourth-order valence-corrected chi connectivity index (χ4v) is 6.32. The van der Waals surface area contributed by atoms with Crippen molar-refractivity contribution in [1.29, 1.82) is 0 Å². The highest BCUT2D eigenvalue weighted by Crippen LogP contribution is 2.33. The fraction of sp³-hybridized carbons (Fsp3) is 0.333. The van der Waals surface area contributed by atoms with Gasteiger partial charge in [-0.05, 0) is 82.0 Å². The van der Waals surface area contributed by atoms with Crippen LogP contribution in [-0.2, 0) is 0 Å². The van der Waals surface area contributed by atoms with Crippen molar-refractivity contribution < 1.29 is 18.3 Å². The molecule has 1 aromatic carbocycles. The topological polar surface area (TPSA) is 77.3 Å². The highest BCUT2D eigenvalue weighted by Gasteiger charge is 2.28. The minimum atomic E-state index is -2.68. The molecule has 1 saturated heterocycles. The summed E-state index contributed by atoms with van der Waals surface area (Å²) in [6.45, 7) is 9.38. The van der Waals surface area contributed by atoms with Gasteiger partial charge in [0.25, 0.3) is 17.9 Å². The van der Waals surface area contributed by atoms with E-state index in [1.807, 2.05) is 31.7 Å². The number of halogens is 3.